The summed E-state index contributed by atoms with van der Waals surface area (Å²) in [5, 5.41) is 9.07. The van der Waals surface area contributed by atoms with Crippen molar-refractivity contribution >= 4 is 6.29 Å². The topological polar surface area (TPSA) is 37.3 Å². The minimum atomic E-state index is -0.868. The lowest BCUT2D eigenvalue weighted by atomic mass is 10.1. The maximum absolute atomic E-state index is 10.2. The summed E-state index contributed by atoms with van der Waals surface area (Å²) in [6, 6.07) is 7.94. The summed E-state index contributed by atoms with van der Waals surface area (Å²) < 4.78 is 0. The molecule has 0 aliphatic rings. The third-order valence-electron chi connectivity index (χ3n) is 2.03. The van der Waals surface area contributed by atoms with Crippen molar-refractivity contribution in [3.63, 3.8) is 0 Å². The molecule has 13 heavy (non-hydrogen) atoms. The number of carbonyl (C=O) groups is 1. The minimum Gasteiger partial charge on any atom is -0.385 e. The molecule has 0 saturated heterocycles. The van der Waals surface area contributed by atoms with Gasteiger partial charge in [0.2, 0.25) is 0 Å². The summed E-state index contributed by atoms with van der Waals surface area (Å²) in [7, 11) is 0. The normalized spacial score (nSPS) is 12.5. The number of benzene rings is 1. The summed E-state index contributed by atoms with van der Waals surface area (Å²) in [5.74, 6) is 0. The predicted molar refractivity (Wildman–Crippen MR) is 51.6 cm³/mol. The summed E-state index contributed by atoms with van der Waals surface area (Å²) in [6.45, 7) is 2.09. The second kappa shape index (κ2) is 4.77. The fourth-order valence-electron chi connectivity index (χ4n) is 1.20. The van der Waals surface area contributed by atoms with Gasteiger partial charge >= 0.3 is 0 Å². The van der Waals surface area contributed by atoms with E-state index in [1.165, 1.54) is 5.56 Å². The van der Waals surface area contributed by atoms with Crippen LogP contribution in [-0.2, 0) is 17.6 Å². The van der Waals surface area contributed by atoms with Crippen molar-refractivity contribution in [3.05, 3.63) is 35.4 Å². The van der Waals surface area contributed by atoms with E-state index in [1.807, 2.05) is 24.3 Å². The average molecular weight is 178 g/mol. The first-order valence-electron chi connectivity index (χ1n) is 4.47. The smallest absolute Gasteiger partial charge is 0.148 e. The Labute approximate surface area is 78.2 Å². The van der Waals surface area contributed by atoms with Crippen molar-refractivity contribution in [1.29, 1.82) is 0 Å². The quantitative estimate of drug-likeness (QED) is 0.707. The lowest BCUT2D eigenvalue weighted by molar-refractivity contribution is -0.114. The first-order valence-corrected chi connectivity index (χ1v) is 4.47. The van der Waals surface area contributed by atoms with E-state index in [4.69, 9.17) is 5.11 Å². The zero-order chi connectivity index (χ0) is 9.68. The molecule has 2 nitrogen and oxygen atoms in total. The van der Waals surface area contributed by atoms with E-state index < -0.39 is 6.10 Å². The number of aliphatic hydroxyl groups is 1. The van der Waals surface area contributed by atoms with E-state index >= 15 is 0 Å². The van der Waals surface area contributed by atoms with E-state index in [0.717, 1.165) is 12.0 Å². The summed E-state index contributed by atoms with van der Waals surface area (Å²) in [4.78, 5) is 10.2. The van der Waals surface area contributed by atoms with Gasteiger partial charge in [0.1, 0.15) is 12.4 Å². The van der Waals surface area contributed by atoms with Gasteiger partial charge in [-0.15, -0.1) is 0 Å². The second-order valence-corrected chi connectivity index (χ2v) is 3.08. The molecule has 1 unspecified atom stereocenters. The molecule has 0 fully saturated rings. The molecule has 1 aromatic carbocycles. The molecule has 0 aliphatic heterocycles. The van der Waals surface area contributed by atoms with Crippen LogP contribution in [0.2, 0.25) is 0 Å². The van der Waals surface area contributed by atoms with E-state index in [9.17, 15) is 4.79 Å². The van der Waals surface area contributed by atoms with Gasteiger partial charge in [-0.05, 0) is 17.5 Å². The molecule has 0 bridgehead atoms. The van der Waals surface area contributed by atoms with Crippen molar-refractivity contribution in [2.45, 2.75) is 25.9 Å². The Kier molecular flexibility index (Phi) is 3.65. The third-order valence-corrected chi connectivity index (χ3v) is 2.03. The van der Waals surface area contributed by atoms with Crippen LogP contribution in [-0.4, -0.2) is 17.5 Å². The first kappa shape index (κ1) is 9.93. The SMILES string of the molecule is CCc1ccc(CC(O)C=O)cc1. The lowest BCUT2D eigenvalue weighted by Crippen LogP contribution is -2.11. The molecule has 0 spiro atoms. The highest BCUT2D eigenvalue weighted by Gasteiger charge is 2.02. The third kappa shape index (κ3) is 2.99. The summed E-state index contributed by atoms with van der Waals surface area (Å²) in [5.41, 5.74) is 2.26. The van der Waals surface area contributed by atoms with Crippen molar-refractivity contribution in [2.75, 3.05) is 0 Å². The Balaban J connectivity index is 2.63. The number of aldehydes is 1. The molecule has 0 aliphatic carbocycles. The van der Waals surface area contributed by atoms with Crippen LogP contribution in [0.15, 0.2) is 24.3 Å². The molecule has 70 valence electrons. The van der Waals surface area contributed by atoms with Gasteiger partial charge in [0.25, 0.3) is 0 Å². The van der Waals surface area contributed by atoms with Crippen LogP contribution >= 0.6 is 0 Å². The number of aryl methyl sites for hydroxylation is 1. The molecule has 1 N–H and O–H groups in total. The van der Waals surface area contributed by atoms with Crippen LogP contribution in [0.4, 0.5) is 0 Å². The Morgan fingerprint density at radius 3 is 2.31 bits per heavy atom. The Bertz CT molecular complexity index is 264. The second-order valence-electron chi connectivity index (χ2n) is 3.08. The molecular weight excluding hydrogens is 164 g/mol. The van der Waals surface area contributed by atoms with E-state index in [1.54, 1.807) is 0 Å². The fourth-order valence-corrected chi connectivity index (χ4v) is 1.20. The standard InChI is InChI=1S/C11H14O2/c1-2-9-3-5-10(6-4-9)7-11(13)8-12/h3-6,8,11,13H,2,7H2,1H3. The van der Waals surface area contributed by atoms with Crippen LogP contribution in [0.25, 0.3) is 0 Å². The van der Waals surface area contributed by atoms with Crippen LogP contribution in [0, 0.1) is 0 Å². The highest BCUT2D eigenvalue weighted by Crippen LogP contribution is 2.06. The number of hydrogen-bond acceptors (Lipinski definition) is 2. The van der Waals surface area contributed by atoms with Crippen molar-refractivity contribution in [2.24, 2.45) is 0 Å². The molecule has 1 rings (SSSR count). The van der Waals surface area contributed by atoms with Gasteiger partial charge in [-0.25, -0.2) is 0 Å². The summed E-state index contributed by atoms with van der Waals surface area (Å²) in [6.07, 6.45) is 1.12. The van der Waals surface area contributed by atoms with Gasteiger partial charge in [-0.2, -0.15) is 0 Å². The van der Waals surface area contributed by atoms with E-state index in [0.29, 0.717) is 12.7 Å². The van der Waals surface area contributed by atoms with Crippen LogP contribution in [0.3, 0.4) is 0 Å². The van der Waals surface area contributed by atoms with Crippen molar-refractivity contribution in [3.8, 4) is 0 Å². The number of rotatable bonds is 4. The highest BCUT2D eigenvalue weighted by atomic mass is 16.3. The molecule has 0 aromatic heterocycles. The van der Waals surface area contributed by atoms with Gasteiger partial charge in [0, 0.05) is 6.42 Å². The van der Waals surface area contributed by atoms with Gasteiger partial charge in [-0.3, -0.25) is 0 Å². The van der Waals surface area contributed by atoms with Gasteiger partial charge in [0.05, 0.1) is 0 Å². The zero-order valence-electron chi connectivity index (χ0n) is 7.73. The molecule has 0 saturated carbocycles. The van der Waals surface area contributed by atoms with E-state index in [-0.39, 0.29) is 0 Å². The Hall–Kier alpha value is -1.15. The predicted octanol–water partition coefficient (Wildman–Crippen LogP) is 1.35. The van der Waals surface area contributed by atoms with Gasteiger partial charge in [0.15, 0.2) is 0 Å². The Morgan fingerprint density at radius 2 is 1.85 bits per heavy atom. The zero-order valence-corrected chi connectivity index (χ0v) is 7.73. The maximum Gasteiger partial charge on any atom is 0.148 e. The highest BCUT2D eigenvalue weighted by molar-refractivity contribution is 5.56. The monoisotopic (exact) mass is 178 g/mol. The van der Waals surface area contributed by atoms with Gasteiger partial charge in [-0.1, -0.05) is 31.2 Å². The molecule has 1 aromatic rings. The number of carbonyl (C=O) groups excluding carboxylic acids is 1. The number of aliphatic hydroxyl groups excluding tert-OH is 1. The average Bonchev–Trinajstić information content (AvgIpc) is 2.19. The molecule has 0 amide bonds. The van der Waals surface area contributed by atoms with Crippen molar-refractivity contribution < 1.29 is 9.90 Å². The fraction of sp³-hybridized carbons (Fsp3) is 0.364. The van der Waals surface area contributed by atoms with Crippen molar-refractivity contribution in [1.82, 2.24) is 0 Å². The van der Waals surface area contributed by atoms with Gasteiger partial charge < -0.3 is 9.90 Å². The minimum absolute atomic E-state index is 0.410. The molecule has 0 heterocycles. The maximum atomic E-state index is 10.2. The lowest BCUT2D eigenvalue weighted by Gasteiger charge is -2.03. The molecule has 1 atom stereocenters. The van der Waals surface area contributed by atoms with Crippen LogP contribution in [0.5, 0.6) is 0 Å². The Morgan fingerprint density at radius 1 is 1.31 bits per heavy atom. The largest absolute Gasteiger partial charge is 0.385 e. The van der Waals surface area contributed by atoms with Crippen LogP contribution in [0.1, 0.15) is 18.1 Å². The first-order chi connectivity index (χ1) is 6.26. The molecule has 0 radical (unpaired) electrons. The molecular formula is C11H14O2. The van der Waals surface area contributed by atoms with Crippen LogP contribution < -0.4 is 0 Å². The summed E-state index contributed by atoms with van der Waals surface area (Å²) >= 11 is 0. The van der Waals surface area contributed by atoms with E-state index in [2.05, 4.69) is 6.92 Å². The number of hydrogen-bond donors (Lipinski definition) is 1. The molecule has 2 heteroatoms.